The van der Waals surface area contributed by atoms with E-state index < -0.39 is 6.04 Å². The third-order valence-electron chi connectivity index (χ3n) is 5.55. The number of amides is 2. The molecule has 0 unspecified atom stereocenters. The number of unbranched alkanes of at least 4 members (excludes halogenated alkanes) is 1. The summed E-state index contributed by atoms with van der Waals surface area (Å²) in [6.07, 6.45) is 2.78. The largest absolute Gasteiger partial charge is 0.493 e. The third kappa shape index (κ3) is 7.29. The van der Waals surface area contributed by atoms with E-state index in [4.69, 9.17) is 9.47 Å². The maximum atomic E-state index is 13.2. The van der Waals surface area contributed by atoms with Crippen LogP contribution in [-0.2, 0) is 22.6 Å². The Hall–Kier alpha value is -3.02. The predicted molar refractivity (Wildman–Crippen MR) is 127 cm³/mol. The molecule has 0 aliphatic rings. The number of carbonyl (C=O) groups is 2. The van der Waals surface area contributed by atoms with E-state index in [-0.39, 0.29) is 11.8 Å². The molecule has 0 aliphatic carbocycles. The molecule has 0 saturated carbocycles. The van der Waals surface area contributed by atoms with Crippen molar-refractivity contribution in [1.82, 2.24) is 10.2 Å². The molecule has 0 heterocycles. The Morgan fingerprint density at radius 1 is 1.00 bits per heavy atom. The normalized spacial score (nSPS) is 11.5. The zero-order valence-corrected chi connectivity index (χ0v) is 19.9. The standard InChI is InChI=1S/C26H36N2O4/c1-6-7-16-27-26(30)20(3)28(18-22-10-8-19(2)9-11-22)25(29)15-13-21-12-14-23(31-4)24(17-21)32-5/h8-12,14,17,20H,6-7,13,15-16,18H2,1-5H3,(H,27,30)/t20-/m0/s1. The number of methoxy groups -OCH3 is 2. The van der Waals surface area contributed by atoms with Gasteiger partial charge in [0.2, 0.25) is 11.8 Å². The van der Waals surface area contributed by atoms with E-state index in [0.29, 0.717) is 37.4 Å². The zero-order chi connectivity index (χ0) is 23.5. The summed E-state index contributed by atoms with van der Waals surface area (Å²) in [5, 5.41) is 2.95. The molecule has 1 atom stereocenters. The van der Waals surface area contributed by atoms with Gasteiger partial charge in [-0.3, -0.25) is 9.59 Å². The van der Waals surface area contributed by atoms with E-state index in [2.05, 4.69) is 12.2 Å². The number of hydrogen-bond donors (Lipinski definition) is 1. The summed E-state index contributed by atoms with van der Waals surface area (Å²) in [5.41, 5.74) is 3.14. The molecule has 0 bridgehead atoms. The second kappa shape index (κ2) is 12.7. The molecule has 0 saturated heterocycles. The van der Waals surface area contributed by atoms with Crippen molar-refractivity contribution < 1.29 is 19.1 Å². The molecule has 174 valence electrons. The maximum Gasteiger partial charge on any atom is 0.242 e. The fourth-order valence-corrected chi connectivity index (χ4v) is 3.44. The van der Waals surface area contributed by atoms with Crippen molar-refractivity contribution in [3.63, 3.8) is 0 Å². The van der Waals surface area contributed by atoms with Gasteiger partial charge in [0.25, 0.3) is 0 Å². The summed E-state index contributed by atoms with van der Waals surface area (Å²) in [7, 11) is 3.19. The van der Waals surface area contributed by atoms with Gasteiger partial charge in [-0.2, -0.15) is 0 Å². The lowest BCUT2D eigenvalue weighted by atomic mass is 10.1. The third-order valence-corrected chi connectivity index (χ3v) is 5.55. The van der Waals surface area contributed by atoms with Crippen molar-refractivity contribution in [2.75, 3.05) is 20.8 Å². The smallest absolute Gasteiger partial charge is 0.242 e. The summed E-state index contributed by atoms with van der Waals surface area (Å²) in [6.45, 7) is 6.92. The van der Waals surface area contributed by atoms with Crippen LogP contribution < -0.4 is 14.8 Å². The van der Waals surface area contributed by atoms with Crippen LogP contribution in [0.5, 0.6) is 11.5 Å². The Bertz CT molecular complexity index is 880. The lowest BCUT2D eigenvalue weighted by molar-refractivity contribution is -0.140. The van der Waals surface area contributed by atoms with Crippen molar-refractivity contribution in [3.05, 3.63) is 59.2 Å². The molecule has 0 fully saturated rings. The van der Waals surface area contributed by atoms with E-state index in [9.17, 15) is 9.59 Å². The van der Waals surface area contributed by atoms with Gasteiger partial charge in [0.1, 0.15) is 6.04 Å². The van der Waals surface area contributed by atoms with E-state index in [0.717, 1.165) is 29.5 Å². The number of benzene rings is 2. The highest BCUT2D eigenvalue weighted by Crippen LogP contribution is 2.28. The summed E-state index contributed by atoms with van der Waals surface area (Å²) in [6, 6.07) is 13.2. The lowest BCUT2D eigenvalue weighted by Crippen LogP contribution is -2.47. The first kappa shape index (κ1) is 25.2. The average Bonchev–Trinajstić information content (AvgIpc) is 2.81. The number of carbonyl (C=O) groups excluding carboxylic acids is 2. The van der Waals surface area contributed by atoms with Crippen LogP contribution in [0.2, 0.25) is 0 Å². The highest BCUT2D eigenvalue weighted by molar-refractivity contribution is 5.87. The van der Waals surface area contributed by atoms with Gasteiger partial charge in [-0.15, -0.1) is 0 Å². The molecule has 0 radical (unpaired) electrons. The molecule has 0 spiro atoms. The van der Waals surface area contributed by atoms with Crippen LogP contribution in [0.4, 0.5) is 0 Å². The fraction of sp³-hybridized carbons (Fsp3) is 0.462. The number of nitrogens with zero attached hydrogens (tertiary/aromatic N) is 1. The summed E-state index contributed by atoms with van der Waals surface area (Å²) < 4.78 is 10.6. The number of rotatable bonds is 12. The van der Waals surface area contributed by atoms with Gasteiger partial charge in [0, 0.05) is 19.5 Å². The van der Waals surface area contributed by atoms with Crippen LogP contribution >= 0.6 is 0 Å². The molecule has 2 aromatic rings. The molecule has 6 nitrogen and oxygen atoms in total. The van der Waals surface area contributed by atoms with Gasteiger partial charge in [-0.1, -0.05) is 49.2 Å². The first-order chi connectivity index (χ1) is 15.4. The van der Waals surface area contributed by atoms with E-state index in [1.807, 2.05) is 49.4 Å². The Balaban J connectivity index is 2.13. The van der Waals surface area contributed by atoms with Crippen LogP contribution in [0.1, 0.15) is 49.8 Å². The van der Waals surface area contributed by atoms with Crippen molar-refractivity contribution in [2.45, 2.75) is 59.0 Å². The van der Waals surface area contributed by atoms with Gasteiger partial charge >= 0.3 is 0 Å². The first-order valence-corrected chi connectivity index (χ1v) is 11.2. The van der Waals surface area contributed by atoms with Crippen LogP contribution in [-0.4, -0.2) is 43.5 Å². The molecule has 2 rings (SSSR count). The van der Waals surface area contributed by atoms with Crippen molar-refractivity contribution in [3.8, 4) is 11.5 Å². The summed E-state index contributed by atoms with van der Waals surface area (Å²) >= 11 is 0. The number of hydrogen-bond acceptors (Lipinski definition) is 4. The zero-order valence-electron chi connectivity index (χ0n) is 19.9. The first-order valence-electron chi connectivity index (χ1n) is 11.2. The number of nitrogens with one attached hydrogen (secondary N) is 1. The lowest BCUT2D eigenvalue weighted by Gasteiger charge is -2.29. The highest BCUT2D eigenvalue weighted by Gasteiger charge is 2.25. The number of aryl methyl sites for hydroxylation is 2. The van der Waals surface area contributed by atoms with Crippen molar-refractivity contribution in [1.29, 1.82) is 0 Å². The summed E-state index contributed by atoms with van der Waals surface area (Å²) in [5.74, 6) is 1.11. The second-order valence-corrected chi connectivity index (χ2v) is 8.02. The average molecular weight is 441 g/mol. The minimum absolute atomic E-state index is 0.0569. The van der Waals surface area contributed by atoms with Crippen LogP contribution in [0.3, 0.4) is 0 Å². The molecular weight excluding hydrogens is 404 g/mol. The monoisotopic (exact) mass is 440 g/mol. The molecule has 32 heavy (non-hydrogen) atoms. The van der Waals surface area contributed by atoms with E-state index in [1.165, 1.54) is 0 Å². The SMILES string of the molecule is CCCCNC(=O)[C@H](C)N(Cc1ccc(C)cc1)C(=O)CCc1ccc(OC)c(OC)c1. The Kier molecular flexibility index (Phi) is 10.1. The topological polar surface area (TPSA) is 67.9 Å². The molecular formula is C26H36N2O4. The number of ether oxygens (including phenoxy) is 2. The molecule has 6 heteroatoms. The summed E-state index contributed by atoms with van der Waals surface area (Å²) in [4.78, 5) is 27.6. The fourth-order valence-electron chi connectivity index (χ4n) is 3.44. The van der Waals surface area contributed by atoms with Crippen LogP contribution in [0, 0.1) is 6.92 Å². The van der Waals surface area contributed by atoms with Crippen LogP contribution in [0.25, 0.3) is 0 Å². The quantitative estimate of drug-likeness (QED) is 0.500. The van der Waals surface area contributed by atoms with Gasteiger partial charge in [-0.05, 0) is 49.9 Å². The van der Waals surface area contributed by atoms with Gasteiger partial charge in [0.05, 0.1) is 14.2 Å². The van der Waals surface area contributed by atoms with Crippen LogP contribution in [0.15, 0.2) is 42.5 Å². The van der Waals surface area contributed by atoms with Gasteiger partial charge in [-0.25, -0.2) is 0 Å². The Morgan fingerprint density at radius 2 is 1.66 bits per heavy atom. The minimum Gasteiger partial charge on any atom is -0.493 e. The Labute approximate surface area is 191 Å². The van der Waals surface area contributed by atoms with Crippen molar-refractivity contribution in [2.24, 2.45) is 0 Å². The molecule has 1 N–H and O–H groups in total. The van der Waals surface area contributed by atoms with E-state index >= 15 is 0 Å². The minimum atomic E-state index is -0.550. The van der Waals surface area contributed by atoms with E-state index in [1.54, 1.807) is 26.0 Å². The van der Waals surface area contributed by atoms with Crippen molar-refractivity contribution >= 4 is 11.8 Å². The van der Waals surface area contributed by atoms with Gasteiger partial charge in [0.15, 0.2) is 11.5 Å². The highest BCUT2D eigenvalue weighted by atomic mass is 16.5. The maximum absolute atomic E-state index is 13.2. The Morgan fingerprint density at radius 3 is 2.28 bits per heavy atom. The van der Waals surface area contributed by atoms with Gasteiger partial charge < -0.3 is 19.7 Å². The molecule has 2 amide bonds. The molecule has 2 aromatic carbocycles. The molecule has 0 aliphatic heterocycles. The predicted octanol–water partition coefficient (Wildman–Crippen LogP) is 4.28. The molecule has 0 aromatic heterocycles. The second-order valence-electron chi connectivity index (χ2n) is 8.02.